The van der Waals surface area contributed by atoms with Gasteiger partial charge in [0.1, 0.15) is 23.9 Å². The Balaban J connectivity index is 1.73. The molecule has 27 heavy (non-hydrogen) atoms. The van der Waals surface area contributed by atoms with Crippen molar-refractivity contribution in [3.05, 3.63) is 64.4 Å². The highest BCUT2D eigenvalue weighted by atomic mass is 16.4. The van der Waals surface area contributed by atoms with Gasteiger partial charge in [-0.15, -0.1) is 5.10 Å². The van der Waals surface area contributed by atoms with E-state index in [-0.39, 0.29) is 12.2 Å². The molecule has 0 spiro atoms. The highest BCUT2D eigenvalue weighted by Crippen LogP contribution is 2.11. The number of aliphatic carboxylic acids is 1. The van der Waals surface area contributed by atoms with Crippen molar-refractivity contribution in [1.82, 2.24) is 20.3 Å². The zero-order valence-electron chi connectivity index (χ0n) is 14.1. The topological polar surface area (TPSA) is 134 Å². The molecule has 138 valence electrons. The number of hydrogen-bond acceptors (Lipinski definition) is 6. The Hall–Kier alpha value is -3.75. The maximum Gasteiger partial charge on any atom is 0.326 e. The van der Waals surface area contributed by atoms with Gasteiger partial charge in [0.2, 0.25) is 5.91 Å². The largest absolute Gasteiger partial charge is 0.508 e. The van der Waals surface area contributed by atoms with Crippen molar-refractivity contribution in [1.29, 1.82) is 0 Å². The molecule has 1 atom stereocenters. The molecule has 3 aromatic rings. The van der Waals surface area contributed by atoms with Crippen LogP contribution in [0.1, 0.15) is 5.56 Å². The van der Waals surface area contributed by atoms with Gasteiger partial charge in [-0.05, 0) is 29.8 Å². The Bertz CT molecular complexity index is 1050. The number of rotatable bonds is 6. The van der Waals surface area contributed by atoms with E-state index in [0.29, 0.717) is 16.5 Å². The monoisotopic (exact) mass is 368 g/mol. The number of fused-ring (bicyclic) bond motifs is 1. The lowest BCUT2D eigenvalue weighted by Crippen LogP contribution is -2.45. The van der Waals surface area contributed by atoms with E-state index in [1.165, 1.54) is 12.1 Å². The Morgan fingerprint density at radius 3 is 2.52 bits per heavy atom. The van der Waals surface area contributed by atoms with Crippen LogP contribution in [0.15, 0.2) is 53.3 Å². The second-order valence-electron chi connectivity index (χ2n) is 5.90. The summed E-state index contributed by atoms with van der Waals surface area (Å²) in [5.41, 5.74) is 0.555. The summed E-state index contributed by atoms with van der Waals surface area (Å²) in [5.74, 6) is -1.83. The summed E-state index contributed by atoms with van der Waals surface area (Å²) < 4.78 is 0.886. The van der Waals surface area contributed by atoms with Crippen molar-refractivity contribution in [2.24, 2.45) is 0 Å². The Morgan fingerprint density at radius 1 is 1.11 bits per heavy atom. The minimum atomic E-state index is -1.21. The number of phenols is 1. The van der Waals surface area contributed by atoms with E-state index in [1.54, 1.807) is 36.4 Å². The van der Waals surface area contributed by atoms with Crippen LogP contribution < -0.4 is 10.9 Å². The minimum Gasteiger partial charge on any atom is -0.508 e. The third kappa shape index (κ3) is 4.27. The average Bonchev–Trinajstić information content (AvgIpc) is 2.65. The maximum absolute atomic E-state index is 12.3. The van der Waals surface area contributed by atoms with Crippen molar-refractivity contribution in [3.63, 3.8) is 0 Å². The predicted molar refractivity (Wildman–Crippen MR) is 95.2 cm³/mol. The summed E-state index contributed by atoms with van der Waals surface area (Å²) in [6, 6.07) is 11.4. The molecule has 1 heterocycles. The molecule has 9 nitrogen and oxygen atoms in total. The number of nitrogens with zero attached hydrogens (tertiary/aromatic N) is 3. The van der Waals surface area contributed by atoms with Gasteiger partial charge in [0, 0.05) is 6.42 Å². The summed E-state index contributed by atoms with van der Waals surface area (Å²) in [6.07, 6.45) is 0.0274. The first-order valence-corrected chi connectivity index (χ1v) is 8.06. The molecule has 0 saturated heterocycles. The fourth-order valence-corrected chi connectivity index (χ4v) is 2.57. The van der Waals surface area contributed by atoms with Gasteiger partial charge in [0.25, 0.3) is 5.56 Å². The van der Waals surface area contributed by atoms with Gasteiger partial charge < -0.3 is 15.5 Å². The van der Waals surface area contributed by atoms with E-state index in [9.17, 15) is 24.6 Å². The van der Waals surface area contributed by atoms with E-state index in [2.05, 4.69) is 15.6 Å². The third-order valence-electron chi connectivity index (χ3n) is 3.93. The molecule has 1 amide bonds. The zero-order valence-corrected chi connectivity index (χ0v) is 14.1. The van der Waals surface area contributed by atoms with E-state index < -0.39 is 30.0 Å². The molecule has 0 radical (unpaired) electrons. The Kier molecular flexibility index (Phi) is 5.11. The van der Waals surface area contributed by atoms with Crippen LogP contribution in [0.4, 0.5) is 0 Å². The van der Waals surface area contributed by atoms with Gasteiger partial charge in [-0.25, -0.2) is 9.48 Å². The van der Waals surface area contributed by atoms with Crippen LogP contribution in [0.2, 0.25) is 0 Å². The van der Waals surface area contributed by atoms with E-state index in [1.807, 2.05) is 0 Å². The fraction of sp³-hybridized carbons (Fsp3) is 0.167. The Labute approximate surface area is 152 Å². The summed E-state index contributed by atoms with van der Waals surface area (Å²) >= 11 is 0. The second kappa shape index (κ2) is 7.65. The molecular weight excluding hydrogens is 352 g/mol. The molecule has 2 aromatic carbocycles. The molecular formula is C18H16N4O5. The van der Waals surface area contributed by atoms with Gasteiger partial charge >= 0.3 is 5.97 Å². The number of carboxylic acids is 1. The molecule has 0 saturated carbocycles. The smallest absolute Gasteiger partial charge is 0.326 e. The summed E-state index contributed by atoms with van der Waals surface area (Å²) in [7, 11) is 0. The molecule has 0 aliphatic rings. The molecule has 0 bridgehead atoms. The molecule has 9 heteroatoms. The molecule has 1 aromatic heterocycles. The van der Waals surface area contributed by atoms with Crippen molar-refractivity contribution in [3.8, 4) is 5.75 Å². The molecule has 3 rings (SSSR count). The molecule has 3 N–H and O–H groups in total. The normalized spacial score (nSPS) is 11.9. The minimum absolute atomic E-state index is 0.0274. The quantitative estimate of drug-likeness (QED) is 0.570. The van der Waals surface area contributed by atoms with Crippen molar-refractivity contribution in [2.75, 3.05) is 0 Å². The van der Waals surface area contributed by atoms with Gasteiger partial charge in [0.05, 0.1) is 5.39 Å². The summed E-state index contributed by atoms with van der Waals surface area (Å²) in [6.45, 7) is -0.448. The number of amides is 1. The van der Waals surface area contributed by atoms with Crippen LogP contribution in [0, 0.1) is 0 Å². The number of aromatic hydroxyl groups is 1. The number of aromatic nitrogens is 3. The molecule has 0 fully saturated rings. The molecule has 0 aliphatic heterocycles. The van der Waals surface area contributed by atoms with E-state index in [0.717, 1.165) is 4.68 Å². The first-order chi connectivity index (χ1) is 12.9. The fourth-order valence-electron chi connectivity index (χ4n) is 2.57. The van der Waals surface area contributed by atoms with Crippen LogP contribution >= 0.6 is 0 Å². The van der Waals surface area contributed by atoms with Crippen LogP contribution in [0.3, 0.4) is 0 Å². The first-order valence-electron chi connectivity index (χ1n) is 8.06. The SMILES string of the molecule is O=C(Cn1nnc2ccccc2c1=O)NC(Cc1ccc(O)cc1)C(=O)O. The second-order valence-corrected chi connectivity index (χ2v) is 5.90. The highest BCUT2D eigenvalue weighted by molar-refractivity contribution is 5.84. The van der Waals surface area contributed by atoms with Crippen LogP contribution in [0.5, 0.6) is 5.75 Å². The molecule has 1 unspecified atom stereocenters. The van der Waals surface area contributed by atoms with Crippen molar-refractivity contribution in [2.45, 2.75) is 19.0 Å². The van der Waals surface area contributed by atoms with Gasteiger partial charge in [-0.3, -0.25) is 9.59 Å². The van der Waals surface area contributed by atoms with Crippen LogP contribution in [-0.4, -0.2) is 43.1 Å². The number of nitrogens with one attached hydrogen (secondary N) is 1. The van der Waals surface area contributed by atoms with Crippen molar-refractivity contribution >= 4 is 22.8 Å². The Morgan fingerprint density at radius 2 is 1.81 bits per heavy atom. The van der Waals surface area contributed by atoms with Gasteiger partial charge in [-0.2, -0.15) is 0 Å². The predicted octanol–water partition coefficient (Wildman–Crippen LogP) is 0.309. The first kappa shape index (κ1) is 18.1. The zero-order chi connectivity index (χ0) is 19.4. The van der Waals surface area contributed by atoms with Gasteiger partial charge in [-0.1, -0.05) is 29.5 Å². The number of benzene rings is 2. The number of phenolic OH excluding ortho intramolecular Hbond substituents is 1. The van der Waals surface area contributed by atoms with Crippen LogP contribution in [-0.2, 0) is 22.6 Å². The van der Waals surface area contributed by atoms with Crippen molar-refractivity contribution < 1.29 is 19.8 Å². The number of carboxylic acid groups (broad SMARTS) is 1. The third-order valence-corrected chi connectivity index (χ3v) is 3.93. The molecule has 0 aliphatic carbocycles. The lowest BCUT2D eigenvalue weighted by Gasteiger charge is -2.15. The lowest BCUT2D eigenvalue weighted by atomic mass is 10.1. The average molecular weight is 368 g/mol. The van der Waals surface area contributed by atoms with E-state index >= 15 is 0 Å². The maximum atomic E-state index is 12.3. The number of carbonyl (C=O) groups excluding carboxylic acids is 1. The standard InChI is InChI=1S/C18H16N4O5/c23-12-7-5-11(6-8-12)9-15(18(26)27)19-16(24)10-22-17(25)13-3-1-2-4-14(13)20-21-22/h1-8,15,23H,9-10H2,(H,19,24)(H,26,27). The summed E-state index contributed by atoms with van der Waals surface area (Å²) in [4.78, 5) is 36.0. The lowest BCUT2D eigenvalue weighted by molar-refractivity contribution is -0.141. The van der Waals surface area contributed by atoms with E-state index in [4.69, 9.17) is 0 Å². The summed E-state index contributed by atoms with van der Waals surface area (Å²) in [5, 5.41) is 28.9. The van der Waals surface area contributed by atoms with Crippen LogP contribution in [0.25, 0.3) is 10.9 Å². The van der Waals surface area contributed by atoms with Gasteiger partial charge in [0.15, 0.2) is 0 Å². The number of carbonyl (C=O) groups is 2. The highest BCUT2D eigenvalue weighted by Gasteiger charge is 2.21. The number of hydrogen-bond donors (Lipinski definition) is 3.